The molecule has 1 heterocycles. The number of carbonyl (C=O) groups excluding carboxylic acids is 1. The van der Waals surface area contributed by atoms with Gasteiger partial charge in [-0.3, -0.25) is 14.9 Å². The number of fused-ring (bicyclic) bond motifs is 1. The molecule has 25 heavy (non-hydrogen) atoms. The first-order chi connectivity index (χ1) is 12.1. The minimum Gasteiger partial charge on any atom is -0.490 e. The van der Waals surface area contributed by atoms with Crippen LogP contribution < -0.4 is 14.8 Å². The van der Waals surface area contributed by atoms with Gasteiger partial charge in [0, 0.05) is 29.1 Å². The van der Waals surface area contributed by atoms with Gasteiger partial charge in [0.05, 0.1) is 23.9 Å². The van der Waals surface area contributed by atoms with Crippen LogP contribution in [-0.4, -0.2) is 29.8 Å². The minimum atomic E-state index is -0.498. The number of nitro groups is 1. The van der Waals surface area contributed by atoms with Gasteiger partial charge in [0.2, 0.25) is 5.91 Å². The maximum absolute atomic E-state index is 12.1. The van der Waals surface area contributed by atoms with Gasteiger partial charge in [0.25, 0.3) is 5.69 Å². The second-order valence-corrected chi connectivity index (χ2v) is 6.35. The summed E-state index contributed by atoms with van der Waals surface area (Å²) >= 11 is 1.36. The lowest BCUT2D eigenvalue weighted by Gasteiger charge is -2.09. The van der Waals surface area contributed by atoms with E-state index in [1.54, 1.807) is 6.07 Å². The summed E-state index contributed by atoms with van der Waals surface area (Å²) in [6, 6.07) is 11.4. The van der Waals surface area contributed by atoms with Crippen LogP contribution in [0.2, 0.25) is 0 Å². The van der Waals surface area contributed by atoms with Crippen LogP contribution in [-0.2, 0) is 4.79 Å². The molecule has 0 saturated carbocycles. The zero-order valence-electron chi connectivity index (χ0n) is 13.3. The average Bonchev–Trinajstić information content (AvgIpc) is 2.85. The fourth-order valence-electron chi connectivity index (χ4n) is 2.28. The molecule has 0 aliphatic carbocycles. The van der Waals surface area contributed by atoms with Crippen LogP contribution in [0.25, 0.3) is 0 Å². The molecular weight excluding hydrogens is 344 g/mol. The van der Waals surface area contributed by atoms with Crippen LogP contribution in [0.1, 0.15) is 6.42 Å². The maximum atomic E-state index is 12.1. The quantitative estimate of drug-likeness (QED) is 0.499. The van der Waals surface area contributed by atoms with Crippen molar-refractivity contribution in [3.63, 3.8) is 0 Å². The number of anilines is 1. The Morgan fingerprint density at radius 1 is 1.16 bits per heavy atom. The number of ether oxygens (including phenoxy) is 2. The molecule has 3 rings (SSSR count). The van der Waals surface area contributed by atoms with E-state index >= 15 is 0 Å². The summed E-state index contributed by atoms with van der Waals surface area (Å²) in [6.07, 6.45) is 0.836. The second-order valence-electron chi connectivity index (χ2n) is 5.30. The lowest BCUT2D eigenvalue weighted by atomic mass is 10.3. The third kappa shape index (κ3) is 4.63. The van der Waals surface area contributed by atoms with Crippen molar-refractivity contribution >= 4 is 29.0 Å². The predicted octanol–water partition coefficient (Wildman–Crippen LogP) is 3.49. The lowest BCUT2D eigenvalue weighted by molar-refractivity contribution is -0.384. The van der Waals surface area contributed by atoms with E-state index in [1.807, 2.05) is 18.2 Å². The van der Waals surface area contributed by atoms with E-state index in [2.05, 4.69) is 5.32 Å². The van der Waals surface area contributed by atoms with Gasteiger partial charge in [-0.1, -0.05) is 6.07 Å². The van der Waals surface area contributed by atoms with Crippen LogP contribution in [0.3, 0.4) is 0 Å². The third-order valence-electron chi connectivity index (χ3n) is 3.43. The lowest BCUT2D eigenvalue weighted by Crippen LogP contribution is -2.14. The molecule has 0 radical (unpaired) electrons. The molecular formula is C17H16N2O5S. The third-order valence-corrected chi connectivity index (χ3v) is 4.42. The van der Waals surface area contributed by atoms with Gasteiger partial charge in [0.15, 0.2) is 11.5 Å². The number of rotatable bonds is 5. The highest BCUT2D eigenvalue weighted by Crippen LogP contribution is 2.33. The molecule has 0 aromatic heterocycles. The van der Waals surface area contributed by atoms with Gasteiger partial charge in [-0.05, 0) is 24.3 Å². The molecule has 0 spiro atoms. The largest absolute Gasteiger partial charge is 0.490 e. The molecule has 0 unspecified atom stereocenters. The minimum absolute atomic E-state index is 0.0617. The van der Waals surface area contributed by atoms with Crippen molar-refractivity contribution in [3.05, 3.63) is 52.6 Å². The van der Waals surface area contributed by atoms with Gasteiger partial charge in [-0.2, -0.15) is 0 Å². The Morgan fingerprint density at radius 3 is 2.76 bits per heavy atom. The maximum Gasteiger partial charge on any atom is 0.271 e. The topological polar surface area (TPSA) is 90.7 Å². The van der Waals surface area contributed by atoms with Crippen molar-refractivity contribution in [2.24, 2.45) is 0 Å². The monoisotopic (exact) mass is 360 g/mol. The van der Waals surface area contributed by atoms with E-state index in [-0.39, 0.29) is 17.3 Å². The number of nitro benzene ring substituents is 1. The summed E-state index contributed by atoms with van der Waals surface area (Å²) in [5, 5.41) is 13.4. The number of carbonyl (C=O) groups is 1. The van der Waals surface area contributed by atoms with Crippen molar-refractivity contribution in [2.45, 2.75) is 11.3 Å². The van der Waals surface area contributed by atoms with Crippen molar-refractivity contribution < 1.29 is 19.2 Å². The van der Waals surface area contributed by atoms with E-state index in [4.69, 9.17) is 9.47 Å². The number of thioether (sulfide) groups is 1. The van der Waals surface area contributed by atoms with Crippen LogP contribution in [0.5, 0.6) is 11.5 Å². The van der Waals surface area contributed by atoms with Crippen molar-refractivity contribution in [3.8, 4) is 11.5 Å². The summed E-state index contributed by atoms with van der Waals surface area (Å²) in [5.74, 6) is 1.34. The summed E-state index contributed by atoms with van der Waals surface area (Å²) < 4.78 is 11.2. The Kier molecular flexibility index (Phi) is 5.39. The highest BCUT2D eigenvalue weighted by atomic mass is 32.2. The second kappa shape index (κ2) is 7.89. The molecule has 2 aromatic rings. The molecule has 130 valence electrons. The van der Waals surface area contributed by atoms with Crippen molar-refractivity contribution in [1.29, 1.82) is 0 Å². The Balaban J connectivity index is 1.58. The van der Waals surface area contributed by atoms with Gasteiger partial charge in [-0.15, -0.1) is 11.8 Å². The Hall–Kier alpha value is -2.74. The zero-order chi connectivity index (χ0) is 17.6. The van der Waals surface area contributed by atoms with Gasteiger partial charge in [0.1, 0.15) is 0 Å². The number of nitrogens with one attached hydrogen (secondary N) is 1. The molecule has 0 bridgehead atoms. The summed E-state index contributed by atoms with van der Waals surface area (Å²) in [5.41, 5.74) is 0.340. The molecule has 0 saturated heterocycles. The first-order valence-corrected chi connectivity index (χ1v) is 8.67. The highest BCUT2D eigenvalue weighted by molar-refractivity contribution is 8.00. The molecule has 0 atom stereocenters. The zero-order valence-corrected chi connectivity index (χ0v) is 14.1. The number of hydrogen-bond donors (Lipinski definition) is 1. The Morgan fingerprint density at radius 2 is 1.96 bits per heavy atom. The molecule has 1 aliphatic heterocycles. The van der Waals surface area contributed by atoms with E-state index in [9.17, 15) is 14.9 Å². The van der Waals surface area contributed by atoms with E-state index in [0.29, 0.717) is 30.4 Å². The van der Waals surface area contributed by atoms with Gasteiger partial charge >= 0.3 is 0 Å². The number of nitrogens with zero attached hydrogens (tertiary/aromatic N) is 1. The SMILES string of the molecule is O=C(CSc1ccc2c(c1)OCCCO2)Nc1cccc([N+](=O)[O-])c1. The number of hydrogen-bond acceptors (Lipinski definition) is 6. The fraction of sp³-hybridized carbons (Fsp3) is 0.235. The molecule has 2 aromatic carbocycles. The molecule has 1 amide bonds. The average molecular weight is 360 g/mol. The summed E-state index contributed by atoms with van der Waals surface area (Å²) in [6.45, 7) is 1.24. The van der Waals surface area contributed by atoms with Gasteiger partial charge in [-0.25, -0.2) is 0 Å². The Labute approximate surface area is 148 Å². The van der Waals surface area contributed by atoms with E-state index < -0.39 is 4.92 Å². The van der Waals surface area contributed by atoms with Crippen LogP contribution >= 0.6 is 11.8 Å². The molecule has 7 nitrogen and oxygen atoms in total. The standard InChI is InChI=1S/C17H16N2O5S/c20-17(18-12-3-1-4-13(9-12)19(21)22)11-25-14-5-6-15-16(10-14)24-8-2-7-23-15/h1,3-6,9-10H,2,7-8,11H2,(H,18,20). The van der Waals surface area contributed by atoms with Crippen molar-refractivity contribution in [2.75, 3.05) is 24.3 Å². The van der Waals surface area contributed by atoms with Gasteiger partial charge < -0.3 is 14.8 Å². The first-order valence-electron chi connectivity index (χ1n) is 7.68. The molecule has 8 heteroatoms. The van der Waals surface area contributed by atoms with E-state index in [1.165, 1.54) is 30.0 Å². The molecule has 0 fully saturated rings. The normalized spacial score (nSPS) is 13.0. The van der Waals surface area contributed by atoms with Crippen molar-refractivity contribution in [1.82, 2.24) is 0 Å². The molecule has 1 aliphatic rings. The Bertz CT molecular complexity index is 796. The van der Waals surface area contributed by atoms with Crippen LogP contribution in [0.15, 0.2) is 47.4 Å². The van der Waals surface area contributed by atoms with Crippen LogP contribution in [0, 0.1) is 10.1 Å². The predicted molar refractivity (Wildman–Crippen MR) is 94.5 cm³/mol. The van der Waals surface area contributed by atoms with E-state index in [0.717, 1.165) is 11.3 Å². The molecule has 1 N–H and O–H groups in total. The summed E-state index contributed by atoms with van der Waals surface area (Å²) in [4.78, 5) is 23.2. The number of amides is 1. The summed E-state index contributed by atoms with van der Waals surface area (Å²) in [7, 11) is 0. The smallest absolute Gasteiger partial charge is 0.271 e. The number of non-ortho nitro benzene ring substituents is 1. The van der Waals surface area contributed by atoms with Crippen LogP contribution in [0.4, 0.5) is 11.4 Å². The highest BCUT2D eigenvalue weighted by Gasteiger charge is 2.12. The first kappa shape index (κ1) is 17.1. The fourth-order valence-corrected chi connectivity index (χ4v) is 3.00. The number of benzene rings is 2.